The van der Waals surface area contributed by atoms with Crippen LogP contribution < -0.4 is 10.6 Å². The molecular weight excluding hydrogens is 243 g/mol. The summed E-state index contributed by atoms with van der Waals surface area (Å²) in [6.45, 7) is 0.690. The lowest BCUT2D eigenvalue weighted by molar-refractivity contribution is -0.120. The van der Waals surface area contributed by atoms with Crippen molar-refractivity contribution in [3.05, 3.63) is 29.0 Å². The summed E-state index contributed by atoms with van der Waals surface area (Å²) in [6.07, 6.45) is 2.10. The molecule has 2 N–H and O–H groups in total. The Kier molecular flexibility index (Phi) is 3.84. The lowest BCUT2D eigenvalue weighted by Gasteiger charge is -2.17. The zero-order chi connectivity index (χ0) is 12.3. The van der Waals surface area contributed by atoms with E-state index in [0.29, 0.717) is 18.7 Å². The van der Waals surface area contributed by atoms with Crippen molar-refractivity contribution in [3.8, 4) is 0 Å². The predicted molar refractivity (Wildman–Crippen MR) is 65.7 cm³/mol. The van der Waals surface area contributed by atoms with Crippen LogP contribution in [0.5, 0.6) is 0 Å². The van der Waals surface area contributed by atoms with Crippen LogP contribution in [0.2, 0.25) is 5.02 Å². The fourth-order valence-corrected chi connectivity index (χ4v) is 2.11. The first-order chi connectivity index (χ1) is 8.16. The molecular formula is C12H14ClFN2O. The largest absolute Gasteiger partial charge is 0.379 e. The van der Waals surface area contributed by atoms with Crippen molar-refractivity contribution in [2.45, 2.75) is 25.3 Å². The Morgan fingerprint density at radius 1 is 1.47 bits per heavy atom. The van der Waals surface area contributed by atoms with Crippen molar-refractivity contribution in [3.63, 3.8) is 0 Å². The number of anilines is 1. The molecule has 3 nitrogen and oxygen atoms in total. The Bertz CT molecular complexity index is 425. The smallest absolute Gasteiger partial charge is 0.222 e. The van der Waals surface area contributed by atoms with E-state index >= 15 is 0 Å². The van der Waals surface area contributed by atoms with Gasteiger partial charge in [0.1, 0.15) is 0 Å². The highest BCUT2D eigenvalue weighted by Crippen LogP contribution is 2.24. The average molecular weight is 257 g/mol. The summed E-state index contributed by atoms with van der Waals surface area (Å²) in [7, 11) is 0. The second-order valence-corrected chi connectivity index (χ2v) is 4.55. The second kappa shape index (κ2) is 5.36. The number of hydrogen-bond acceptors (Lipinski definition) is 2. The van der Waals surface area contributed by atoms with Crippen molar-refractivity contribution >= 4 is 23.2 Å². The molecule has 0 saturated carbocycles. The summed E-state index contributed by atoms with van der Waals surface area (Å²) in [4.78, 5) is 11.4. The molecule has 1 aromatic carbocycles. The molecule has 92 valence electrons. The number of hydrogen-bond donors (Lipinski definition) is 2. The minimum Gasteiger partial charge on any atom is -0.379 e. The third kappa shape index (κ3) is 3.09. The molecule has 0 aliphatic carbocycles. The van der Waals surface area contributed by atoms with Crippen LogP contribution >= 0.6 is 11.6 Å². The molecule has 1 fully saturated rings. The van der Waals surface area contributed by atoms with Gasteiger partial charge >= 0.3 is 0 Å². The van der Waals surface area contributed by atoms with E-state index in [4.69, 9.17) is 11.6 Å². The van der Waals surface area contributed by atoms with Gasteiger partial charge in [0, 0.05) is 19.0 Å². The maximum absolute atomic E-state index is 13.7. The van der Waals surface area contributed by atoms with Gasteiger partial charge in [0.15, 0.2) is 5.82 Å². The number of amides is 1. The number of carbonyl (C=O) groups excluding carboxylic acids is 1. The monoisotopic (exact) mass is 256 g/mol. The van der Waals surface area contributed by atoms with Gasteiger partial charge in [-0.3, -0.25) is 4.79 Å². The highest BCUT2D eigenvalue weighted by molar-refractivity contribution is 6.31. The van der Waals surface area contributed by atoms with Gasteiger partial charge in [-0.2, -0.15) is 0 Å². The normalized spacial score (nSPS) is 20.6. The molecule has 1 amide bonds. The third-order valence-electron chi connectivity index (χ3n) is 2.79. The number of benzene rings is 1. The molecule has 5 heteroatoms. The van der Waals surface area contributed by atoms with E-state index in [-0.39, 0.29) is 17.0 Å². The van der Waals surface area contributed by atoms with Crippen molar-refractivity contribution in [2.75, 3.05) is 11.9 Å². The van der Waals surface area contributed by atoms with Crippen molar-refractivity contribution in [1.29, 1.82) is 0 Å². The first-order valence-electron chi connectivity index (χ1n) is 5.64. The summed E-state index contributed by atoms with van der Waals surface area (Å²) in [5.74, 6) is -0.457. The van der Waals surface area contributed by atoms with Gasteiger partial charge in [0.25, 0.3) is 0 Å². The Morgan fingerprint density at radius 3 is 3.12 bits per heavy atom. The lowest BCUT2D eigenvalue weighted by Crippen LogP contribution is -2.27. The summed E-state index contributed by atoms with van der Waals surface area (Å²) in [5, 5.41) is 5.92. The van der Waals surface area contributed by atoms with Crippen LogP contribution in [-0.4, -0.2) is 18.5 Å². The van der Waals surface area contributed by atoms with Crippen LogP contribution in [0, 0.1) is 5.82 Å². The average Bonchev–Trinajstić information content (AvgIpc) is 2.49. The fraction of sp³-hybridized carbons (Fsp3) is 0.417. The van der Waals surface area contributed by atoms with Gasteiger partial charge in [0.2, 0.25) is 5.91 Å². The van der Waals surface area contributed by atoms with Crippen molar-refractivity contribution in [1.82, 2.24) is 5.32 Å². The summed E-state index contributed by atoms with van der Waals surface area (Å²) in [5.41, 5.74) is 0.359. The van der Waals surface area contributed by atoms with Crippen LogP contribution in [0.4, 0.5) is 10.1 Å². The molecule has 2 rings (SSSR count). The Morgan fingerprint density at radius 2 is 2.29 bits per heavy atom. The standard InChI is InChI=1S/C12H14ClFN2O/c13-9-4-1-5-10(12(9)14)16-8-3-2-6-15-11(17)7-8/h1,4-5,8,16H,2-3,6-7H2,(H,15,17). The predicted octanol–water partition coefficient (Wildman–Crippen LogP) is 2.56. The minimum atomic E-state index is -0.459. The molecule has 1 unspecified atom stereocenters. The van der Waals surface area contributed by atoms with Gasteiger partial charge in [0.05, 0.1) is 10.7 Å². The molecule has 1 aliphatic rings. The van der Waals surface area contributed by atoms with E-state index in [1.165, 1.54) is 6.07 Å². The van der Waals surface area contributed by atoms with Crippen LogP contribution in [-0.2, 0) is 4.79 Å². The summed E-state index contributed by atoms with van der Waals surface area (Å²) >= 11 is 5.70. The maximum atomic E-state index is 13.7. The molecule has 0 radical (unpaired) electrons. The zero-order valence-corrected chi connectivity index (χ0v) is 10.1. The Hall–Kier alpha value is -1.29. The zero-order valence-electron chi connectivity index (χ0n) is 9.30. The number of halogens is 2. The quantitative estimate of drug-likeness (QED) is 0.854. The van der Waals surface area contributed by atoms with Gasteiger partial charge < -0.3 is 10.6 Å². The van der Waals surface area contributed by atoms with Crippen LogP contribution in [0.1, 0.15) is 19.3 Å². The van der Waals surface area contributed by atoms with Gasteiger partial charge in [-0.05, 0) is 25.0 Å². The maximum Gasteiger partial charge on any atom is 0.222 e. The highest BCUT2D eigenvalue weighted by Gasteiger charge is 2.18. The molecule has 1 atom stereocenters. The van der Waals surface area contributed by atoms with E-state index in [1.54, 1.807) is 12.1 Å². The van der Waals surface area contributed by atoms with Gasteiger partial charge in [-0.25, -0.2) is 4.39 Å². The third-order valence-corrected chi connectivity index (χ3v) is 3.09. The topological polar surface area (TPSA) is 41.1 Å². The Labute approximate surface area is 104 Å². The molecule has 0 spiro atoms. The molecule has 1 saturated heterocycles. The Balaban J connectivity index is 2.09. The SMILES string of the molecule is O=C1CC(Nc2cccc(Cl)c2F)CCCN1. The van der Waals surface area contributed by atoms with Crippen LogP contribution in [0.25, 0.3) is 0 Å². The van der Waals surface area contributed by atoms with E-state index in [9.17, 15) is 9.18 Å². The van der Waals surface area contributed by atoms with E-state index in [1.807, 2.05) is 0 Å². The lowest BCUT2D eigenvalue weighted by atomic mass is 10.1. The first kappa shape index (κ1) is 12.2. The van der Waals surface area contributed by atoms with Gasteiger partial charge in [-0.15, -0.1) is 0 Å². The highest BCUT2D eigenvalue weighted by atomic mass is 35.5. The van der Waals surface area contributed by atoms with E-state index in [2.05, 4.69) is 10.6 Å². The molecule has 1 aliphatic heterocycles. The number of carbonyl (C=O) groups is 1. The van der Waals surface area contributed by atoms with Gasteiger partial charge in [-0.1, -0.05) is 17.7 Å². The molecule has 17 heavy (non-hydrogen) atoms. The van der Waals surface area contributed by atoms with E-state index < -0.39 is 5.82 Å². The molecule has 1 aromatic rings. The number of nitrogens with one attached hydrogen (secondary N) is 2. The summed E-state index contributed by atoms with van der Waals surface area (Å²) in [6, 6.07) is 4.78. The van der Waals surface area contributed by atoms with Crippen molar-refractivity contribution in [2.24, 2.45) is 0 Å². The van der Waals surface area contributed by atoms with Crippen LogP contribution in [0.15, 0.2) is 18.2 Å². The minimum absolute atomic E-state index is 0.00226. The summed E-state index contributed by atoms with van der Waals surface area (Å²) < 4.78 is 13.7. The van der Waals surface area contributed by atoms with E-state index in [0.717, 1.165) is 12.8 Å². The van der Waals surface area contributed by atoms with Crippen LogP contribution in [0.3, 0.4) is 0 Å². The van der Waals surface area contributed by atoms with Crippen molar-refractivity contribution < 1.29 is 9.18 Å². The molecule has 0 aromatic heterocycles. The fourth-order valence-electron chi connectivity index (χ4n) is 1.93. The molecule has 1 heterocycles. The first-order valence-corrected chi connectivity index (χ1v) is 6.02. The second-order valence-electron chi connectivity index (χ2n) is 4.14. The number of rotatable bonds is 2. The molecule has 0 bridgehead atoms.